The van der Waals surface area contributed by atoms with Crippen LogP contribution in [0.3, 0.4) is 0 Å². The van der Waals surface area contributed by atoms with Crippen molar-refractivity contribution in [3.63, 3.8) is 0 Å². The summed E-state index contributed by atoms with van der Waals surface area (Å²) in [6, 6.07) is 16.6. The van der Waals surface area contributed by atoms with Crippen LogP contribution in [0.15, 0.2) is 48.5 Å². The van der Waals surface area contributed by atoms with Crippen LogP contribution in [0.25, 0.3) is 0 Å². The summed E-state index contributed by atoms with van der Waals surface area (Å²) in [5.74, 6) is 0.208. The molecule has 4 rings (SSSR count). The minimum Gasteiger partial charge on any atom is -0.341 e. The van der Waals surface area contributed by atoms with Crippen LogP contribution in [-0.4, -0.2) is 47.7 Å². The number of hydrogen-bond acceptors (Lipinski definition) is 3. The molecule has 0 atom stereocenters. The highest BCUT2D eigenvalue weighted by Gasteiger charge is 2.20. The average molecular weight is 405 g/mol. The predicted molar refractivity (Wildman–Crippen MR) is 120 cm³/mol. The first-order valence-electron chi connectivity index (χ1n) is 11.4. The van der Waals surface area contributed by atoms with E-state index in [1.54, 1.807) is 0 Å². The molecule has 1 saturated heterocycles. The van der Waals surface area contributed by atoms with Gasteiger partial charge in [-0.2, -0.15) is 0 Å². The molecule has 158 valence electrons. The molecule has 0 aromatic heterocycles. The molecule has 4 nitrogen and oxygen atoms in total. The molecule has 0 saturated carbocycles. The van der Waals surface area contributed by atoms with Crippen LogP contribution >= 0.6 is 0 Å². The van der Waals surface area contributed by atoms with E-state index in [2.05, 4.69) is 41.3 Å². The normalized spacial score (nSPS) is 17.3. The summed E-state index contributed by atoms with van der Waals surface area (Å²) in [6.45, 7) is 4.36. The number of rotatable bonds is 6. The van der Waals surface area contributed by atoms with Gasteiger partial charge in [-0.1, -0.05) is 42.5 Å². The zero-order valence-corrected chi connectivity index (χ0v) is 17.8. The van der Waals surface area contributed by atoms with Crippen molar-refractivity contribution in [3.8, 4) is 0 Å². The fourth-order valence-electron chi connectivity index (χ4n) is 4.65. The van der Waals surface area contributed by atoms with Gasteiger partial charge in [-0.15, -0.1) is 0 Å². The highest BCUT2D eigenvalue weighted by atomic mass is 16.2. The van der Waals surface area contributed by atoms with E-state index in [-0.39, 0.29) is 11.7 Å². The lowest BCUT2D eigenvalue weighted by Gasteiger charge is -2.22. The van der Waals surface area contributed by atoms with Crippen LogP contribution < -0.4 is 0 Å². The topological polar surface area (TPSA) is 40.6 Å². The van der Waals surface area contributed by atoms with Gasteiger partial charge in [0, 0.05) is 51.1 Å². The smallest absolute Gasteiger partial charge is 0.223 e. The van der Waals surface area contributed by atoms with Gasteiger partial charge in [0.2, 0.25) is 5.91 Å². The molecule has 0 unspecified atom stereocenters. The van der Waals surface area contributed by atoms with E-state index in [9.17, 15) is 9.59 Å². The molecule has 4 heteroatoms. The molecule has 2 aromatic carbocycles. The van der Waals surface area contributed by atoms with Gasteiger partial charge in [-0.05, 0) is 54.9 Å². The molecular formula is C26H32N2O2. The van der Waals surface area contributed by atoms with Crippen LogP contribution in [-0.2, 0) is 24.2 Å². The van der Waals surface area contributed by atoms with Gasteiger partial charge in [0.05, 0.1) is 0 Å². The maximum atomic E-state index is 12.7. The summed E-state index contributed by atoms with van der Waals surface area (Å²) in [4.78, 5) is 29.8. The Morgan fingerprint density at radius 1 is 0.767 bits per heavy atom. The van der Waals surface area contributed by atoms with E-state index in [1.807, 2.05) is 17.0 Å². The molecule has 1 aliphatic carbocycles. The summed E-state index contributed by atoms with van der Waals surface area (Å²) in [5.41, 5.74) is 4.80. The molecule has 0 spiro atoms. The number of carbonyl (C=O) groups is 2. The minimum atomic E-state index is 0.0947. The number of nitrogens with zero attached hydrogens (tertiary/aromatic N) is 2. The molecular weight excluding hydrogens is 372 g/mol. The van der Waals surface area contributed by atoms with Gasteiger partial charge in [0.15, 0.2) is 5.78 Å². The van der Waals surface area contributed by atoms with Crippen molar-refractivity contribution < 1.29 is 9.59 Å². The Morgan fingerprint density at radius 2 is 1.57 bits per heavy atom. The fourth-order valence-corrected chi connectivity index (χ4v) is 4.65. The molecule has 2 aliphatic rings. The quantitative estimate of drug-likeness (QED) is 0.676. The first-order valence-corrected chi connectivity index (χ1v) is 11.4. The number of hydrogen-bond donors (Lipinski definition) is 0. The Labute approximate surface area is 179 Å². The summed E-state index contributed by atoms with van der Waals surface area (Å²) in [6.07, 6.45) is 6.25. The third-order valence-electron chi connectivity index (χ3n) is 6.43. The molecule has 1 amide bonds. The second-order valence-corrected chi connectivity index (χ2v) is 8.61. The van der Waals surface area contributed by atoms with E-state index in [1.165, 1.54) is 29.5 Å². The lowest BCUT2D eigenvalue weighted by Crippen LogP contribution is -2.35. The van der Waals surface area contributed by atoms with E-state index >= 15 is 0 Å². The summed E-state index contributed by atoms with van der Waals surface area (Å²) in [5, 5.41) is 0. The maximum Gasteiger partial charge on any atom is 0.223 e. The SMILES string of the molecule is O=C(CCC(=O)N1CCCN(Cc2ccccc2)CC1)c1ccc2c(c1)CCCC2. The Morgan fingerprint density at radius 3 is 2.40 bits per heavy atom. The van der Waals surface area contributed by atoms with E-state index in [0.29, 0.717) is 12.8 Å². The second-order valence-electron chi connectivity index (χ2n) is 8.61. The van der Waals surface area contributed by atoms with Crippen molar-refractivity contribution in [1.82, 2.24) is 9.80 Å². The van der Waals surface area contributed by atoms with Gasteiger partial charge in [0.1, 0.15) is 0 Å². The second kappa shape index (κ2) is 10.0. The van der Waals surface area contributed by atoms with Crippen molar-refractivity contribution >= 4 is 11.7 Å². The van der Waals surface area contributed by atoms with Crippen LogP contribution in [0.4, 0.5) is 0 Å². The van der Waals surface area contributed by atoms with Crippen LogP contribution in [0, 0.1) is 0 Å². The number of aryl methyl sites for hydroxylation is 2. The van der Waals surface area contributed by atoms with Gasteiger partial charge in [0.25, 0.3) is 0 Å². The molecule has 1 aliphatic heterocycles. The van der Waals surface area contributed by atoms with Crippen LogP contribution in [0.1, 0.15) is 59.2 Å². The highest BCUT2D eigenvalue weighted by molar-refractivity contribution is 5.98. The third kappa shape index (κ3) is 5.37. The predicted octanol–water partition coefficient (Wildman–Crippen LogP) is 4.26. The monoisotopic (exact) mass is 404 g/mol. The van der Waals surface area contributed by atoms with Gasteiger partial charge in [-0.3, -0.25) is 14.5 Å². The van der Waals surface area contributed by atoms with Crippen LogP contribution in [0.5, 0.6) is 0 Å². The lowest BCUT2D eigenvalue weighted by molar-refractivity contribution is -0.131. The third-order valence-corrected chi connectivity index (χ3v) is 6.43. The molecule has 0 N–H and O–H groups in total. The van der Waals surface area contributed by atoms with E-state index in [0.717, 1.165) is 57.5 Å². The van der Waals surface area contributed by atoms with Gasteiger partial charge in [-0.25, -0.2) is 0 Å². The van der Waals surface area contributed by atoms with Crippen molar-refractivity contribution in [2.75, 3.05) is 26.2 Å². The van der Waals surface area contributed by atoms with E-state index < -0.39 is 0 Å². The summed E-state index contributed by atoms with van der Waals surface area (Å²) >= 11 is 0. The van der Waals surface area contributed by atoms with Crippen molar-refractivity contribution in [2.24, 2.45) is 0 Å². The first kappa shape index (κ1) is 20.8. The lowest BCUT2D eigenvalue weighted by atomic mass is 9.89. The van der Waals surface area contributed by atoms with Crippen molar-refractivity contribution in [3.05, 3.63) is 70.8 Å². The Kier molecular flexibility index (Phi) is 6.96. The number of benzene rings is 2. The van der Waals surface area contributed by atoms with Crippen LogP contribution in [0.2, 0.25) is 0 Å². The Hall–Kier alpha value is -2.46. The molecule has 2 aromatic rings. The largest absolute Gasteiger partial charge is 0.341 e. The molecule has 0 bridgehead atoms. The van der Waals surface area contributed by atoms with Crippen molar-refractivity contribution in [1.29, 1.82) is 0 Å². The number of fused-ring (bicyclic) bond motifs is 1. The minimum absolute atomic E-state index is 0.0947. The zero-order chi connectivity index (χ0) is 20.8. The summed E-state index contributed by atoms with van der Waals surface area (Å²) < 4.78 is 0. The summed E-state index contributed by atoms with van der Waals surface area (Å²) in [7, 11) is 0. The van der Waals surface area contributed by atoms with Gasteiger partial charge >= 0.3 is 0 Å². The molecule has 1 fully saturated rings. The molecule has 1 heterocycles. The molecule has 30 heavy (non-hydrogen) atoms. The standard InChI is InChI=1S/C26H32N2O2/c29-25(24-12-11-22-9-4-5-10-23(22)19-24)13-14-26(30)28-16-6-15-27(17-18-28)20-21-7-2-1-3-8-21/h1-3,7-8,11-12,19H,4-6,9-10,13-18,20H2. The molecule has 0 radical (unpaired) electrons. The Balaban J connectivity index is 1.26. The zero-order valence-electron chi connectivity index (χ0n) is 17.8. The number of Topliss-reactive ketones (excluding diaryl/α,β-unsaturated/α-hetero) is 1. The Bertz CT molecular complexity index is 878. The number of carbonyl (C=O) groups excluding carboxylic acids is 2. The first-order chi connectivity index (χ1) is 14.7. The number of ketones is 1. The maximum absolute atomic E-state index is 12.7. The number of amides is 1. The highest BCUT2D eigenvalue weighted by Crippen LogP contribution is 2.23. The van der Waals surface area contributed by atoms with Gasteiger partial charge < -0.3 is 4.90 Å². The van der Waals surface area contributed by atoms with Crippen molar-refractivity contribution in [2.45, 2.75) is 51.5 Å². The average Bonchev–Trinajstić information content (AvgIpc) is 3.03. The van der Waals surface area contributed by atoms with E-state index in [4.69, 9.17) is 0 Å². The fraction of sp³-hybridized carbons (Fsp3) is 0.462.